The highest BCUT2D eigenvalue weighted by Crippen LogP contribution is 2.24. The summed E-state index contributed by atoms with van der Waals surface area (Å²) < 4.78 is 12.0. The zero-order chi connectivity index (χ0) is 10.4. The molecule has 0 radical (unpaired) electrons. The van der Waals surface area contributed by atoms with Crippen molar-refractivity contribution in [3.8, 4) is 0 Å². The normalized spacial score (nSPS) is 21.4. The molecule has 0 aromatic heterocycles. The molecule has 0 saturated heterocycles. The largest absolute Gasteiger partial charge is 0.317 e. The van der Waals surface area contributed by atoms with Crippen LogP contribution < -0.4 is 5.32 Å². The van der Waals surface area contributed by atoms with Crippen LogP contribution >= 0.6 is 0 Å². The van der Waals surface area contributed by atoms with Gasteiger partial charge in [-0.1, -0.05) is 26.8 Å². The third-order valence-electron chi connectivity index (χ3n) is 3.28. The lowest BCUT2D eigenvalue weighted by Gasteiger charge is -2.28. The Labute approximate surface area is 81.4 Å². The van der Waals surface area contributed by atoms with E-state index in [1.165, 1.54) is 0 Å². The van der Waals surface area contributed by atoms with Crippen LogP contribution in [0, 0.1) is 17.8 Å². The molecule has 1 unspecified atom stereocenters. The van der Waals surface area contributed by atoms with E-state index in [9.17, 15) is 4.39 Å². The Kier molecular flexibility index (Phi) is 5.97. The first-order chi connectivity index (χ1) is 6.04. The van der Waals surface area contributed by atoms with E-state index >= 15 is 0 Å². The van der Waals surface area contributed by atoms with Gasteiger partial charge in [-0.25, -0.2) is 4.39 Å². The van der Waals surface area contributed by atoms with E-state index in [1.54, 1.807) is 6.08 Å². The number of nitrogens with one attached hydrogen (secondary N) is 1. The summed E-state index contributed by atoms with van der Waals surface area (Å²) in [5.41, 5.74) is 0. The first-order valence-electron chi connectivity index (χ1n) is 4.98. The Morgan fingerprint density at radius 2 is 1.62 bits per heavy atom. The van der Waals surface area contributed by atoms with E-state index in [2.05, 4.69) is 33.0 Å². The molecule has 0 amide bonds. The minimum atomic E-state index is 0.302. The van der Waals surface area contributed by atoms with E-state index in [0.29, 0.717) is 30.1 Å². The van der Waals surface area contributed by atoms with Gasteiger partial charge in [0.05, 0.1) is 6.33 Å². The van der Waals surface area contributed by atoms with Gasteiger partial charge < -0.3 is 5.32 Å². The summed E-state index contributed by atoms with van der Waals surface area (Å²) in [7, 11) is 1.96. The SMILES string of the molecule is CN[C@@H](C)C(C)[C@H](C)[C@@H](C)/C=C\F. The predicted octanol–water partition coefficient (Wildman–Crippen LogP) is 2.99. The topological polar surface area (TPSA) is 12.0 Å². The van der Waals surface area contributed by atoms with Gasteiger partial charge >= 0.3 is 0 Å². The van der Waals surface area contributed by atoms with Gasteiger partial charge in [-0.2, -0.15) is 0 Å². The Hall–Kier alpha value is -0.370. The van der Waals surface area contributed by atoms with Crippen LogP contribution in [0.15, 0.2) is 12.4 Å². The predicted molar refractivity (Wildman–Crippen MR) is 56.3 cm³/mol. The Balaban J connectivity index is 4.15. The molecule has 0 aromatic carbocycles. The Morgan fingerprint density at radius 3 is 2.00 bits per heavy atom. The standard InChI is InChI=1S/C11H22FN/c1-8(6-7-12)9(2)10(3)11(4)13-5/h6-11,13H,1-5H3/b7-6-/t8-,9+,10?,11-/m0/s1. The van der Waals surface area contributed by atoms with Crippen LogP contribution in [0.4, 0.5) is 4.39 Å². The smallest absolute Gasteiger partial charge is 0.0829 e. The third kappa shape index (κ3) is 3.90. The molecule has 78 valence electrons. The van der Waals surface area contributed by atoms with E-state index in [4.69, 9.17) is 0 Å². The number of rotatable bonds is 5. The van der Waals surface area contributed by atoms with Crippen LogP contribution in [0.2, 0.25) is 0 Å². The maximum atomic E-state index is 12.0. The first-order valence-corrected chi connectivity index (χ1v) is 4.98. The van der Waals surface area contributed by atoms with Crippen molar-refractivity contribution in [1.29, 1.82) is 0 Å². The molecule has 0 bridgehead atoms. The average Bonchev–Trinajstić information content (AvgIpc) is 2.14. The van der Waals surface area contributed by atoms with E-state index in [-0.39, 0.29) is 0 Å². The van der Waals surface area contributed by atoms with Crippen molar-refractivity contribution < 1.29 is 4.39 Å². The number of hydrogen-bond acceptors (Lipinski definition) is 1. The minimum Gasteiger partial charge on any atom is -0.317 e. The van der Waals surface area contributed by atoms with E-state index in [0.717, 1.165) is 0 Å². The van der Waals surface area contributed by atoms with Gasteiger partial charge in [-0.05, 0) is 31.7 Å². The fourth-order valence-corrected chi connectivity index (χ4v) is 1.49. The van der Waals surface area contributed by atoms with Gasteiger partial charge in [0.1, 0.15) is 0 Å². The van der Waals surface area contributed by atoms with Gasteiger partial charge in [-0.15, -0.1) is 0 Å². The summed E-state index contributed by atoms with van der Waals surface area (Å²) in [6, 6.07) is 0.477. The molecule has 0 aromatic rings. The maximum Gasteiger partial charge on any atom is 0.0829 e. The lowest BCUT2D eigenvalue weighted by Crippen LogP contribution is -2.34. The molecule has 1 N–H and O–H groups in total. The van der Waals surface area contributed by atoms with Crippen LogP contribution in [0.1, 0.15) is 27.7 Å². The zero-order valence-corrected chi connectivity index (χ0v) is 9.34. The highest BCUT2D eigenvalue weighted by Gasteiger charge is 2.21. The molecule has 13 heavy (non-hydrogen) atoms. The molecule has 0 aliphatic rings. The molecule has 0 rings (SSSR count). The van der Waals surface area contributed by atoms with Crippen LogP contribution in [0.3, 0.4) is 0 Å². The van der Waals surface area contributed by atoms with Crippen molar-refractivity contribution in [1.82, 2.24) is 5.32 Å². The van der Waals surface area contributed by atoms with E-state index < -0.39 is 0 Å². The van der Waals surface area contributed by atoms with Crippen molar-refractivity contribution in [2.24, 2.45) is 17.8 Å². The molecule has 1 nitrogen and oxygen atoms in total. The van der Waals surface area contributed by atoms with Gasteiger partial charge in [0.25, 0.3) is 0 Å². The average molecular weight is 187 g/mol. The summed E-state index contributed by atoms with van der Waals surface area (Å²) in [5.74, 6) is 1.35. The van der Waals surface area contributed by atoms with Crippen molar-refractivity contribution in [2.45, 2.75) is 33.7 Å². The van der Waals surface area contributed by atoms with Gasteiger partial charge in [-0.3, -0.25) is 0 Å². The van der Waals surface area contributed by atoms with Gasteiger partial charge in [0.2, 0.25) is 0 Å². The fraction of sp³-hybridized carbons (Fsp3) is 0.818. The summed E-state index contributed by atoms with van der Waals surface area (Å²) in [4.78, 5) is 0. The molecule has 0 heterocycles. The van der Waals surface area contributed by atoms with Crippen LogP contribution in [0.5, 0.6) is 0 Å². The Morgan fingerprint density at radius 1 is 1.08 bits per heavy atom. The minimum absolute atomic E-state index is 0.302. The summed E-state index contributed by atoms with van der Waals surface area (Å²) in [5, 5.41) is 3.22. The molecular weight excluding hydrogens is 165 g/mol. The Bertz CT molecular complexity index is 156. The monoisotopic (exact) mass is 187 g/mol. The number of halogens is 1. The van der Waals surface area contributed by atoms with Crippen molar-refractivity contribution >= 4 is 0 Å². The summed E-state index contributed by atoms with van der Waals surface area (Å²) >= 11 is 0. The molecule has 4 atom stereocenters. The zero-order valence-electron chi connectivity index (χ0n) is 9.34. The van der Waals surface area contributed by atoms with Crippen LogP contribution in [-0.4, -0.2) is 13.1 Å². The quantitative estimate of drug-likeness (QED) is 0.697. The van der Waals surface area contributed by atoms with Gasteiger partial charge in [0.15, 0.2) is 0 Å². The molecule has 0 fully saturated rings. The second-order valence-electron chi connectivity index (χ2n) is 3.97. The van der Waals surface area contributed by atoms with Gasteiger partial charge in [0, 0.05) is 6.04 Å². The molecule has 0 saturated carbocycles. The second-order valence-corrected chi connectivity index (χ2v) is 3.97. The summed E-state index contributed by atoms with van der Waals surface area (Å²) in [6.45, 7) is 8.59. The summed E-state index contributed by atoms with van der Waals surface area (Å²) in [6.07, 6.45) is 2.28. The molecular formula is C11H22FN. The lowest BCUT2D eigenvalue weighted by atomic mass is 9.81. The maximum absolute atomic E-state index is 12.0. The van der Waals surface area contributed by atoms with E-state index in [1.807, 2.05) is 7.05 Å². The molecule has 0 aliphatic carbocycles. The van der Waals surface area contributed by atoms with Crippen LogP contribution in [0.25, 0.3) is 0 Å². The molecule has 0 aliphatic heterocycles. The van der Waals surface area contributed by atoms with Crippen molar-refractivity contribution in [3.05, 3.63) is 12.4 Å². The van der Waals surface area contributed by atoms with Crippen molar-refractivity contribution in [2.75, 3.05) is 7.05 Å². The second kappa shape index (κ2) is 6.14. The van der Waals surface area contributed by atoms with Crippen molar-refractivity contribution in [3.63, 3.8) is 0 Å². The fourth-order valence-electron chi connectivity index (χ4n) is 1.49. The highest BCUT2D eigenvalue weighted by atomic mass is 19.1. The van der Waals surface area contributed by atoms with Crippen LogP contribution in [-0.2, 0) is 0 Å². The molecule has 0 spiro atoms. The third-order valence-corrected chi connectivity index (χ3v) is 3.28. The first kappa shape index (κ1) is 12.6. The number of allylic oxidation sites excluding steroid dienone is 1. The lowest BCUT2D eigenvalue weighted by molar-refractivity contribution is 0.262. The highest BCUT2D eigenvalue weighted by molar-refractivity contribution is 4.86. The molecule has 2 heteroatoms. The number of hydrogen-bond donors (Lipinski definition) is 1.